The van der Waals surface area contributed by atoms with Crippen LogP contribution in [-0.2, 0) is 4.79 Å². The van der Waals surface area contributed by atoms with Gasteiger partial charge in [0.2, 0.25) is 5.91 Å². The van der Waals surface area contributed by atoms with E-state index in [-0.39, 0.29) is 5.91 Å². The number of piperidine rings is 1. The molecule has 1 atom stereocenters. The number of rotatable bonds is 7. The maximum atomic E-state index is 11.0. The van der Waals surface area contributed by atoms with Gasteiger partial charge in [-0.3, -0.25) is 15.1 Å². The fourth-order valence-electron chi connectivity index (χ4n) is 3.47. The topological polar surface area (TPSA) is 61.6 Å². The van der Waals surface area contributed by atoms with Gasteiger partial charge < -0.3 is 4.90 Å². The van der Waals surface area contributed by atoms with E-state index in [0.717, 1.165) is 18.9 Å². The molecule has 5 heteroatoms. The molecule has 1 unspecified atom stereocenters. The molecule has 0 saturated carbocycles. The van der Waals surface area contributed by atoms with Crippen molar-refractivity contribution in [2.24, 2.45) is 5.84 Å². The Morgan fingerprint density at radius 2 is 1.90 bits per heavy atom. The van der Waals surface area contributed by atoms with Crippen LogP contribution in [0.5, 0.6) is 0 Å². The zero-order valence-electron chi connectivity index (χ0n) is 12.6. The van der Waals surface area contributed by atoms with Crippen molar-refractivity contribution in [1.29, 1.82) is 0 Å². The smallest absolute Gasteiger partial charge is 0.233 e. The van der Waals surface area contributed by atoms with Crippen LogP contribution < -0.4 is 11.3 Å². The van der Waals surface area contributed by atoms with Crippen LogP contribution in [0.2, 0.25) is 0 Å². The number of hydrogen-bond donors (Lipinski definition) is 2. The van der Waals surface area contributed by atoms with Crippen molar-refractivity contribution in [1.82, 2.24) is 15.2 Å². The van der Waals surface area contributed by atoms with Gasteiger partial charge in [0, 0.05) is 19.0 Å². The zero-order chi connectivity index (χ0) is 14.2. The van der Waals surface area contributed by atoms with Gasteiger partial charge in [0.25, 0.3) is 0 Å². The molecule has 2 fully saturated rings. The minimum atomic E-state index is -0.0451. The molecule has 0 aromatic carbocycles. The number of nitrogens with two attached hydrogens (primary N) is 1. The monoisotopic (exact) mass is 282 g/mol. The zero-order valence-corrected chi connectivity index (χ0v) is 12.6. The standard InChI is InChI=1S/C15H30N4O/c16-17-15(20)7-3-1-4-9-18-12-8-14(13-18)19-10-5-2-6-11-19/h14H,1-13,16H2,(H,17,20). The van der Waals surface area contributed by atoms with E-state index >= 15 is 0 Å². The van der Waals surface area contributed by atoms with Gasteiger partial charge in [-0.25, -0.2) is 5.84 Å². The van der Waals surface area contributed by atoms with Crippen LogP contribution in [-0.4, -0.2) is 54.5 Å². The minimum Gasteiger partial charge on any atom is -0.302 e. The molecule has 2 aliphatic heterocycles. The van der Waals surface area contributed by atoms with E-state index in [2.05, 4.69) is 15.2 Å². The molecule has 0 radical (unpaired) electrons. The molecule has 116 valence electrons. The summed E-state index contributed by atoms with van der Waals surface area (Å²) < 4.78 is 0. The molecule has 2 rings (SSSR count). The van der Waals surface area contributed by atoms with E-state index in [1.54, 1.807) is 0 Å². The van der Waals surface area contributed by atoms with Gasteiger partial charge in [0.05, 0.1) is 0 Å². The fourth-order valence-corrected chi connectivity index (χ4v) is 3.47. The number of likely N-dealkylation sites (tertiary alicyclic amines) is 2. The van der Waals surface area contributed by atoms with Gasteiger partial charge in [-0.15, -0.1) is 0 Å². The molecule has 20 heavy (non-hydrogen) atoms. The van der Waals surface area contributed by atoms with Crippen LogP contribution in [0.25, 0.3) is 0 Å². The predicted octanol–water partition coefficient (Wildman–Crippen LogP) is 1.10. The molecule has 2 heterocycles. The van der Waals surface area contributed by atoms with Gasteiger partial charge in [-0.1, -0.05) is 12.8 Å². The maximum Gasteiger partial charge on any atom is 0.233 e. The Morgan fingerprint density at radius 3 is 2.65 bits per heavy atom. The third-order valence-electron chi connectivity index (χ3n) is 4.69. The molecule has 5 nitrogen and oxygen atoms in total. The summed E-state index contributed by atoms with van der Waals surface area (Å²) in [6.45, 7) is 6.32. The average Bonchev–Trinajstić information content (AvgIpc) is 2.96. The second kappa shape index (κ2) is 8.60. The van der Waals surface area contributed by atoms with Crippen molar-refractivity contribution in [3.05, 3.63) is 0 Å². The molecule has 0 bridgehead atoms. The van der Waals surface area contributed by atoms with E-state index in [9.17, 15) is 4.79 Å². The van der Waals surface area contributed by atoms with E-state index in [1.165, 1.54) is 64.8 Å². The minimum absolute atomic E-state index is 0.0451. The highest BCUT2D eigenvalue weighted by atomic mass is 16.2. The van der Waals surface area contributed by atoms with Crippen molar-refractivity contribution in [3.8, 4) is 0 Å². The summed E-state index contributed by atoms with van der Waals surface area (Å²) in [5.74, 6) is 5.01. The fraction of sp³-hybridized carbons (Fsp3) is 0.933. The number of hydrogen-bond acceptors (Lipinski definition) is 4. The first-order valence-electron chi connectivity index (χ1n) is 8.25. The molecule has 2 saturated heterocycles. The predicted molar refractivity (Wildman–Crippen MR) is 81.1 cm³/mol. The van der Waals surface area contributed by atoms with Gasteiger partial charge in [0.1, 0.15) is 0 Å². The summed E-state index contributed by atoms with van der Waals surface area (Å²) >= 11 is 0. The highest BCUT2D eigenvalue weighted by Gasteiger charge is 2.27. The molecular weight excluding hydrogens is 252 g/mol. The summed E-state index contributed by atoms with van der Waals surface area (Å²) in [6, 6.07) is 0.804. The lowest BCUT2D eigenvalue weighted by Crippen LogP contribution is -2.40. The molecule has 0 spiro atoms. The maximum absolute atomic E-state index is 11.0. The molecule has 0 aliphatic carbocycles. The second-order valence-corrected chi connectivity index (χ2v) is 6.22. The molecular formula is C15H30N4O. The van der Waals surface area contributed by atoms with Crippen molar-refractivity contribution in [3.63, 3.8) is 0 Å². The molecule has 2 aliphatic rings. The summed E-state index contributed by atoms with van der Waals surface area (Å²) in [5, 5.41) is 0. The van der Waals surface area contributed by atoms with E-state index in [4.69, 9.17) is 5.84 Å². The molecule has 1 amide bonds. The quantitative estimate of drug-likeness (QED) is 0.318. The summed E-state index contributed by atoms with van der Waals surface area (Å²) in [7, 11) is 0. The Hall–Kier alpha value is -0.650. The molecule has 3 N–H and O–H groups in total. The summed E-state index contributed by atoms with van der Waals surface area (Å²) in [6.07, 6.45) is 9.38. The van der Waals surface area contributed by atoms with E-state index in [0.29, 0.717) is 6.42 Å². The number of nitrogens with zero attached hydrogens (tertiary/aromatic N) is 2. The van der Waals surface area contributed by atoms with Crippen LogP contribution in [0.1, 0.15) is 51.4 Å². The Bertz CT molecular complexity index is 292. The van der Waals surface area contributed by atoms with Crippen LogP contribution in [0.15, 0.2) is 0 Å². The van der Waals surface area contributed by atoms with Crippen molar-refractivity contribution in [2.75, 3.05) is 32.7 Å². The van der Waals surface area contributed by atoms with Gasteiger partial charge >= 0.3 is 0 Å². The normalized spacial score (nSPS) is 24.9. The average molecular weight is 282 g/mol. The lowest BCUT2D eigenvalue weighted by atomic mass is 10.1. The Balaban J connectivity index is 1.53. The highest BCUT2D eigenvalue weighted by Crippen LogP contribution is 2.20. The Kier molecular flexibility index (Phi) is 6.76. The van der Waals surface area contributed by atoms with Gasteiger partial charge in [-0.05, 0) is 58.3 Å². The number of carbonyl (C=O) groups excluding carboxylic acids is 1. The third kappa shape index (κ3) is 5.04. The van der Waals surface area contributed by atoms with Gasteiger partial charge in [0.15, 0.2) is 0 Å². The van der Waals surface area contributed by atoms with Crippen molar-refractivity contribution in [2.45, 2.75) is 57.4 Å². The molecule has 0 aromatic rings. The lowest BCUT2D eigenvalue weighted by Gasteiger charge is -2.32. The van der Waals surface area contributed by atoms with Crippen LogP contribution in [0.3, 0.4) is 0 Å². The van der Waals surface area contributed by atoms with E-state index in [1.807, 2.05) is 0 Å². The summed E-state index contributed by atoms with van der Waals surface area (Å²) in [4.78, 5) is 16.3. The number of hydrazine groups is 1. The van der Waals surface area contributed by atoms with Crippen LogP contribution in [0.4, 0.5) is 0 Å². The SMILES string of the molecule is NNC(=O)CCCCCN1CCC(N2CCCCC2)C1. The lowest BCUT2D eigenvalue weighted by molar-refractivity contribution is -0.121. The first kappa shape index (κ1) is 15.7. The molecule has 0 aromatic heterocycles. The number of amides is 1. The number of unbranched alkanes of at least 4 members (excludes halogenated alkanes) is 2. The summed E-state index contributed by atoms with van der Waals surface area (Å²) in [5.41, 5.74) is 2.18. The number of carbonyl (C=O) groups is 1. The Labute approximate surface area is 122 Å². The van der Waals surface area contributed by atoms with E-state index < -0.39 is 0 Å². The van der Waals surface area contributed by atoms with Gasteiger partial charge in [-0.2, -0.15) is 0 Å². The highest BCUT2D eigenvalue weighted by molar-refractivity contribution is 5.74. The first-order chi connectivity index (χ1) is 9.79. The largest absolute Gasteiger partial charge is 0.302 e. The van der Waals surface area contributed by atoms with Crippen molar-refractivity contribution < 1.29 is 4.79 Å². The Morgan fingerprint density at radius 1 is 1.10 bits per heavy atom. The second-order valence-electron chi connectivity index (χ2n) is 6.22. The van der Waals surface area contributed by atoms with Crippen LogP contribution in [0, 0.1) is 0 Å². The third-order valence-corrected chi connectivity index (χ3v) is 4.69. The van der Waals surface area contributed by atoms with Crippen LogP contribution >= 0.6 is 0 Å². The van der Waals surface area contributed by atoms with Crippen molar-refractivity contribution >= 4 is 5.91 Å². The first-order valence-corrected chi connectivity index (χ1v) is 8.25. The number of nitrogens with one attached hydrogen (secondary N) is 1.